The largest absolute Gasteiger partial charge is 0.506 e. The van der Waals surface area contributed by atoms with Gasteiger partial charge in [-0.2, -0.15) is 8.42 Å². The quantitative estimate of drug-likeness (QED) is 0.727. The summed E-state index contributed by atoms with van der Waals surface area (Å²) >= 11 is 0. The number of phenols is 1. The first-order valence-corrected chi connectivity index (χ1v) is 9.08. The van der Waals surface area contributed by atoms with E-state index in [0.29, 0.717) is 9.99 Å². The van der Waals surface area contributed by atoms with E-state index in [1.54, 1.807) is 35.1 Å². The van der Waals surface area contributed by atoms with Crippen molar-refractivity contribution in [2.45, 2.75) is 0 Å². The van der Waals surface area contributed by atoms with Gasteiger partial charge in [-0.15, -0.1) is 0 Å². The van der Waals surface area contributed by atoms with Crippen molar-refractivity contribution in [3.05, 3.63) is 48.3 Å². The lowest BCUT2D eigenvalue weighted by Gasteiger charge is -2.20. The number of phenolic OH excluding ortho intramolecular Hbond substituents is 1. The monoisotopic (exact) mass is 394 g/mol. The molecule has 1 aliphatic rings. The molecule has 0 spiro atoms. The van der Waals surface area contributed by atoms with E-state index in [1.165, 1.54) is 11.9 Å². The van der Waals surface area contributed by atoms with Crippen LogP contribution in [0.15, 0.2) is 42.5 Å². The van der Waals surface area contributed by atoms with Gasteiger partial charge in [0, 0.05) is 24.5 Å². The van der Waals surface area contributed by atoms with Crippen molar-refractivity contribution in [1.82, 2.24) is 4.72 Å². The van der Waals surface area contributed by atoms with Crippen LogP contribution in [-0.2, 0) is 15.0 Å². The summed E-state index contributed by atoms with van der Waals surface area (Å²) in [5, 5.41) is 12.5. The second kappa shape index (κ2) is 6.76. The lowest BCUT2D eigenvalue weighted by molar-refractivity contribution is -0.117. The summed E-state index contributed by atoms with van der Waals surface area (Å²) in [7, 11) is -2.78. The fraction of sp³-hybridized carbons (Fsp3) is 0.125. The Bertz CT molecular complexity index is 990. The predicted octanol–water partition coefficient (Wildman–Crippen LogP) is 1.38. The van der Waals surface area contributed by atoms with Gasteiger partial charge >= 0.3 is 16.2 Å². The molecule has 11 heteroatoms. The maximum absolute atomic E-state index is 14.4. The average Bonchev–Trinajstić information content (AvgIpc) is 2.86. The number of anilines is 3. The van der Waals surface area contributed by atoms with Crippen LogP contribution in [0.2, 0.25) is 0 Å². The maximum Gasteiger partial charge on any atom is 0.326 e. The second-order valence-corrected chi connectivity index (χ2v) is 7.28. The third-order valence-electron chi connectivity index (χ3n) is 3.81. The van der Waals surface area contributed by atoms with Crippen molar-refractivity contribution in [3.8, 4) is 5.75 Å². The first-order chi connectivity index (χ1) is 12.7. The molecule has 0 aliphatic carbocycles. The first-order valence-electron chi connectivity index (χ1n) is 7.64. The Morgan fingerprint density at radius 2 is 1.96 bits per heavy atom. The van der Waals surface area contributed by atoms with E-state index in [4.69, 9.17) is 0 Å². The first kappa shape index (κ1) is 18.5. The van der Waals surface area contributed by atoms with E-state index in [-0.39, 0.29) is 5.69 Å². The molecule has 27 heavy (non-hydrogen) atoms. The zero-order valence-electron chi connectivity index (χ0n) is 14.0. The summed E-state index contributed by atoms with van der Waals surface area (Å²) in [6.07, 6.45) is 0. The van der Waals surface area contributed by atoms with Crippen LogP contribution in [0.25, 0.3) is 0 Å². The van der Waals surface area contributed by atoms with E-state index in [0.717, 1.165) is 12.1 Å². The zero-order valence-corrected chi connectivity index (χ0v) is 14.8. The number of urea groups is 1. The number of halogens is 1. The number of hydrogen-bond acceptors (Lipinski definition) is 5. The minimum atomic E-state index is -4.28. The van der Waals surface area contributed by atoms with Crippen LogP contribution in [0.1, 0.15) is 0 Å². The van der Waals surface area contributed by atoms with Gasteiger partial charge in [-0.3, -0.25) is 9.69 Å². The molecule has 1 fully saturated rings. The number of nitrogens with zero attached hydrogens (tertiary/aromatic N) is 2. The van der Waals surface area contributed by atoms with E-state index in [2.05, 4.69) is 5.32 Å². The van der Waals surface area contributed by atoms with Crippen LogP contribution in [0.4, 0.5) is 26.2 Å². The highest BCUT2D eigenvalue weighted by molar-refractivity contribution is 7.92. The maximum atomic E-state index is 14.4. The molecule has 142 valence electrons. The van der Waals surface area contributed by atoms with Crippen LogP contribution < -0.4 is 19.2 Å². The number of nitrogens with one attached hydrogen (secondary N) is 2. The minimum absolute atomic E-state index is 0.0857. The van der Waals surface area contributed by atoms with Gasteiger partial charge in [0.25, 0.3) is 5.91 Å². The van der Waals surface area contributed by atoms with Crippen LogP contribution in [0, 0.1) is 5.82 Å². The molecule has 2 aromatic rings. The molecule has 9 nitrogen and oxygen atoms in total. The molecular formula is C16H15FN4O5S. The topological polar surface area (TPSA) is 119 Å². The Morgan fingerprint density at radius 3 is 2.52 bits per heavy atom. The molecule has 0 unspecified atom stereocenters. The molecule has 3 amide bonds. The molecule has 1 saturated heterocycles. The molecule has 0 saturated carbocycles. The number of carbonyl (C=O) groups is 2. The summed E-state index contributed by atoms with van der Waals surface area (Å²) in [5.41, 5.74) is -0.177. The molecule has 1 heterocycles. The molecule has 1 aliphatic heterocycles. The number of aromatic hydroxyl groups is 1. The fourth-order valence-electron chi connectivity index (χ4n) is 2.53. The zero-order chi connectivity index (χ0) is 19.8. The highest BCUT2D eigenvalue weighted by Crippen LogP contribution is 2.36. The SMILES string of the molecule is CN(C(=O)Nc1cc(O)c(N2CC(=O)NS2(=O)=O)c(F)c1)c1ccccc1. The molecule has 0 radical (unpaired) electrons. The Kier molecular flexibility index (Phi) is 4.62. The number of para-hydroxylation sites is 1. The van der Waals surface area contributed by atoms with Gasteiger partial charge in [-0.1, -0.05) is 18.2 Å². The third-order valence-corrected chi connectivity index (χ3v) is 5.19. The summed E-state index contributed by atoms with van der Waals surface area (Å²) in [4.78, 5) is 24.8. The van der Waals surface area contributed by atoms with Gasteiger partial charge in [0.2, 0.25) is 0 Å². The van der Waals surface area contributed by atoms with Crippen molar-refractivity contribution in [1.29, 1.82) is 0 Å². The number of rotatable bonds is 3. The average molecular weight is 394 g/mol. The van der Waals surface area contributed by atoms with Gasteiger partial charge in [0.05, 0.1) is 0 Å². The predicted molar refractivity (Wildman–Crippen MR) is 96.3 cm³/mol. The Balaban J connectivity index is 1.85. The van der Waals surface area contributed by atoms with Gasteiger partial charge in [-0.25, -0.2) is 18.2 Å². The number of hydrogen-bond donors (Lipinski definition) is 3. The van der Waals surface area contributed by atoms with Crippen LogP contribution in [0.3, 0.4) is 0 Å². The number of carbonyl (C=O) groups excluding carboxylic acids is 2. The summed E-state index contributed by atoms with van der Waals surface area (Å²) in [6.45, 7) is -0.657. The van der Waals surface area contributed by atoms with Gasteiger partial charge in [0.15, 0.2) is 5.82 Å². The van der Waals surface area contributed by atoms with Crippen molar-refractivity contribution in [3.63, 3.8) is 0 Å². The minimum Gasteiger partial charge on any atom is -0.506 e. The number of benzene rings is 2. The fourth-order valence-corrected chi connectivity index (χ4v) is 3.70. The van der Waals surface area contributed by atoms with Crippen molar-refractivity contribution < 1.29 is 27.5 Å². The molecule has 3 rings (SSSR count). The van der Waals surface area contributed by atoms with E-state index < -0.39 is 45.9 Å². The van der Waals surface area contributed by atoms with E-state index in [1.807, 2.05) is 0 Å². The summed E-state index contributed by atoms with van der Waals surface area (Å²) in [5.74, 6) is -2.71. The Hall–Kier alpha value is -3.34. The smallest absolute Gasteiger partial charge is 0.326 e. The van der Waals surface area contributed by atoms with Gasteiger partial charge in [0.1, 0.15) is 18.0 Å². The Morgan fingerprint density at radius 1 is 1.30 bits per heavy atom. The van der Waals surface area contributed by atoms with Gasteiger partial charge < -0.3 is 10.4 Å². The van der Waals surface area contributed by atoms with Crippen molar-refractivity contribution >= 4 is 39.2 Å². The van der Waals surface area contributed by atoms with E-state index >= 15 is 0 Å². The lowest BCUT2D eigenvalue weighted by Crippen LogP contribution is -2.31. The molecule has 0 aromatic heterocycles. The Labute approximate surface area is 154 Å². The highest BCUT2D eigenvalue weighted by atomic mass is 32.2. The molecule has 0 bridgehead atoms. The third kappa shape index (κ3) is 3.62. The summed E-state index contributed by atoms with van der Waals surface area (Å²) < 4.78 is 40.2. The number of amides is 3. The highest BCUT2D eigenvalue weighted by Gasteiger charge is 2.37. The van der Waals surface area contributed by atoms with Crippen LogP contribution in [-0.4, -0.2) is 39.1 Å². The van der Waals surface area contributed by atoms with E-state index in [9.17, 15) is 27.5 Å². The summed E-state index contributed by atoms with van der Waals surface area (Å²) in [6, 6.07) is 9.91. The molecule has 3 N–H and O–H groups in total. The lowest BCUT2D eigenvalue weighted by atomic mass is 10.2. The van der Waals surface area contributed by atoms with Crippen molar-refractivity contribution in [2.24, 2.45) is 0 Å². The standard InChI is InChI=1S/C16H15FN4O5S/c1-20(11-5-3-2-4-6-11)16(24)18-10-7-12(17)15(13(22)8-10)21-9-14(23)19-27(21,25)26/h2-8,22H,9H2,1H3,(H,18,24)(H,19,23). The normalized spacial score (nSPS) is 15.3. The molecule has 0 atom stereocenters. The van der Waals surface area contributed by atoms with Crippen LogP contribution >= 0.6 is 0 Å². The van der Waals surface area contributed by atoms with Gasteiger partial charge in [-0.05, 0) is 18.2 Å². The van der Waals surface area contributed by atoms with Crippen molar-refractivity contribution in [2.75, 3.05) is 28.1 Å². The molecule has 2 aromatic carbocycles. The molecular weight excluding hydrogens is 379 g/mol. The second-order valence-electron chi connectivity index (χ2n) is 5.69. The van der Waals surface area contributed by atoms with Crippen LogP contribution in [0.5, 0.6) is 5.75 Å².